The lowest BCUT2D eigenvalue weighted by molar-refractivity contribution is -0.129. The quantitative estimate of drug-likeness (QED) is 0.838. The predicted octanol–water partition coefficient (Wildman–Crippen LogP) is 3.16. The Morgan fingerprint density at radius 3 is 1.95 bits per heavy atom. The topological polar surface area (TPSA) is 49.5 Å². The van der Waals surface area contributed by atoms with Crippen LogP contribution in [0.15, 0.2) is 0 Å². The normalized spacial score (nSPS) is 27.3. The molecule has 1 aliphatic heterocycles. The summed E-state index contributed by atoms with van der Waals surface area (Å²) in [6.45, 7) is 8.44. The maximum Gasteiger partial charge on any atom is 0.0740 e. The maximum atomic E-state index is 11.4. The summed E-state index contributed by atoms with van der Waals surface area (Å²) < 4.78 is 0. The lowest BCUT2D eigenvalue weighted by atomic mass is 9.61. The molecule has 0 spiro atoms. The minimum absolute atomic E-state index is 0.0165. The van der Waals surface area contributed by atoms with E-state index in [9.17, 15) is 5.11 Å². The molecule has 124 valence electrons. The van der Waals surface area contributed by atoms with E-state index in [0.29, 0.717) is 12.5 Å². The summed E-state index contributed by atoms with van der Waals surface area (Å²) in [4.78, 5) is 2.52. The third-order valence-corrected chi connectivity index (χ3v) is 6.00. The van der Waals surface area contributed by atoms with E-state index in [4.69, 9.17) is 5.73 Å². The third-order valence-electron chi connectivity index (χ3n) is 6.00. The van der Waals surface area contributed by atoms with E-state index in [-0.39, 0.29) is 5.41 Å². The molecule has 0 aromatic rings. The molecule has 1 saturated heterocycles. The van der Waals surface area contributed by atoms with E-state index < -0.39 is 5.60 Å². The average molecular weight is 296 g/mol. The van der Waals surface area contributed by atoms with Crippen molar-refractivity contribution in [2.75, 3.05) is 26.2 Å². The van der Waals surface area contributed by atoms with Crippen molar-refractivity contribution in [2.45, 2.75) is 77.2 Å². The van der Waals surface area contributed by atoms with Crippen LogP contribution in [0.3, 0.4) is 0 Å². The number of nitrogens with two attached hydrogens (primary N) is 1. The molecule has 2 rings (SSSR count). The largest absolute Gasteiger partial charge is 0.389 e. The molecule has 0 amide bonds. The van der Waals surface area contributed by atoms with Gasteiger partial charge in [-0.15, -0.1) is 0 Å². The highest BCUT2D eigenvalue weighted by Crippen LogP contribution is 2.47. The number of piperidine rings is 1. The molecule has 1 heterocycles. The molecule has 0 unspecified atom stereocenters. The van der Waals surface area contributed by atoms with E-state index in [1.54, 1.807) is 0 Å². The van der Waals surface area contributed by atoms with Crippen LogP contribution in [-0.4, -0.2) is 41.8 Å². The van der Waals surface area contributed by atoms with E-state index >= 15 is 0 Å². The minimum Gasteiger partial charge on any atom is -0.389 e. The Bertz CT molecular complexity index is 300. The summed E-state index contributed by atoms with van der Waals surface area (Å²) in [5, 5.41) is 11.4. The second-order valence-electron chi connectivity index (χ2n) is 7.98. The van der Waals surface area contributed by atoms with Crippen molar-refractivity contribution in [3.63, 3.8) is 0 Å². The summed E-state index contributed by atoms with van der Waals surface area (Å²) in [6.07, 6.45) is 10.6. The SMILES string of the molecule is CC(C)CN1CCC(O)(C2(CN)CCCCCCC2)CC1. The van der Waals surface area contributed by atoms with Gasteiger partial charge in [0.15, 0.2) is 0 Å². The summed E-state index contributed by atoms with van der Waals surface area (Å²) in [5.74, 6) is 0.709. The van der Waals surface area contributed by atoms with Crippen molar-refractivity contribution in [1.29, 1.82) is 0 Å². The summed E-state index contributed by atoms with van der Waals surface area (Å²) in [6, 6.07) is 0. The molecule has 0 atom stereocenters. The number of rotatable bonds is 4. The summed E-state index contributed by atoms with van der Waals surface area (Å²) in [5.41, 5.74) is 5.68. The number of likely N-dealkylation sites (tertiary alicyclic amines) is 1. The Labute approximate surface area is 131 Å². The molecule has 21 heavy (non-hydrogen) atoms. The highest BCUT2D eigenvalue weighted by Gasteiger charge is 2.49. The van der Waals surface area contributed by atoms with Crippen LogP contribution < -0.4 is 5.73 Å². The van der Waals surface area contributed by atoms with Crippen molar-refractivity contribution in [3.05, 3.63) is 0 Å². The Kier molecular flexibility index (Phi) is 6.10. The Morgan fingerprint density at radius 2 is 1.48 bits per heavy atom. The average Bonchev–Trinajstić information content (AvgIpc) is 2.41. The van der Waals surface area contributed by atoms with Gasteiger partial charge in [0.05, 0.1) is 5.60 Å². The molecule has 2 aliphatic rings. The zero-order chi connectivity index (χ0) is 15.3. The van der Waals surface area contributed by atoms with Gasteiger partial charge in [-0.2, -0.15) is 0 Å². The van der Waals surface area contributed by atoms with E-state index in [0.717, 1.165) is 45.3 Å². The molecule has 0 aromatic heterocycles. The first kappa shape index (κ1) is 17.2. The zero-order valence-electron chi connectivity index (χ0n) is 14.2. The van der Waals surface area contributed by atoms with Gasteiger partial charge in [0.25, 0.3) is 0 Å². The van der Waals surface area contributed by atoms with Crippen molar-refractivity contribution < 1.29 is 5.11 Å². The third kappa shape index (κ3) is 4.00. The molecular weight excluding hydrogens is 260 g/mol. The van der Waals surface area contributed by atoms with Gasteiger partial charge in [-0.3, -0.25) is 0 Å². The zero-order valence-corrected chi connectivity index (χ0v) is 14.2. The van der Waals surface area contributed by atoms with Gasteiger partial charge >= 0.3 is 0 Å². The molecule has 3 N–H and O–H groups in total. The van der Waals surface area contributed by atoms with Crippen LogP contribution in [0.5, 0.6) is 0 Å². The van der Waals surface area contributed by atoms with Crippen LogP contribution >= 0.6 is 0 Å². The van der Waals surface area contributed by atoms with E-state index in [1.165, 1.54) is 32.1 Å². The Hall–Kier alpha value is -0.120. The highest BCUT2D eigenvalue weighted by molar-refractivity contribution is 5.02. The van der Waals surface area contributed by atoms with Crippen LogP contribution in [0.4, 0.5) is 0 Å². The summed E-state index contributed by atoms with van der Waals surface area (Å²) >= 11 is 0. The van der Waals surface area contributed by atoms with Crippen molar-refractivity contribution in [1.82, 2.24) is 4.90 Å². The van der Waals surface area contributed by atoms with Crippen LogP contribution in [-0.2, 0) is 0 Å². The molecule has 2 fully saturated rings. The van der Waals surface area contributed by atoms with Gasteiger partial charge in [0, 0.05) is 31.6 Å². The predicted molar refractivity (Wildman–Crippen MR) is 89.3 cm³/mol. The lowest BCUT2D eigenvalue weighted by Crippen LogP contribution is -2.58. The van der Waals surface area contributed by atoms with Gasteiger partial charge in [-0.1, -0.05) is 46.0 Å². The number of aliphatic hydroxyl groups is 1. The fourth-order valence-corrected chi connectivity index (χ4v) is 4.59. The fraction of sp³-hybridized carbons (Fsp3) is 1.00. The van der Waals surface area contributed by atoms with Gasteiger partial charge in [-0.05, 0) is 31.6 Å². The first-order valence-electron chi connectivity index (χ1n) is 9.16. The Balaban J connectivity index is 2.02. The number of nitrogens with zero attached hydrogens (tertiary/aromatic N) is 1. The molecule has 3 nitrogen and oxygen atoms in total. The maximum absolute atomic E-state index is 11.4. The van der Waals surface area contributed by atoms with Crippen LogP contribution in [0, 0.1) is 11.3 Å². The number of hydrogen-bond acceptors (Lipinski definition) is 3. The van der Waals surface area contributed by atoms with E-state index in [1.807, 2.05) is 0 Å². The van der Waals surface area contributed by atoms with Gasteiger partial charge in [0.2, 0.25) is 0 Å². The van der Waals surface area contributed by atoms with Gasteiger partial charge in [0.1, 0.15) is 0 Å². The monoisotopic (exact) mass is 296 g/mol. The van der Waals surface area contributed by atoms with Gasteiger partial charge in [-0.25, -0.2) is 0 Å². The van der Waals surface area contributed by atoms with Crippen LogP contribution in [0.1, 0.15) is 71.6 Å². The second-order valence-corrected chi connectivity index (χ2v) is 7.98. The molecule has 0 bridgehead atoms. The van der Waals surface area contributed by atoms with Crippen molar-refractivity contribution in [2.24, 2.45) is 17.1 Å². The standard InChI is InChI=1S/C18H36N2O/c1-16(2)14-20-12-10-18(21,11-13-20)17(15-19)8-6-4-3-5-7-9-17/h16,21H,3-15,19H2,1-2H3. The first-order chi connectivity index (χ1) is 10.0. The van der Waals surface area contributed by atoms with E-state index in [2.05, 4.69) is 18.7 Å². The molecule has 0 aromatic carbocycles. The molecule has 3 heteroatoms. The Morgan fingerprint density at radius 1 is 0.952 bits per heavy atom. The van der Waals surface area contributed by atoms with Crippen LogP contribution in [0.25, 0.3) is 0 Å². The smallest absolute Gasteiger partial charge is 0.0740 e. The first-order valence-corrected chi connectivity index (χ1v) is 9.16. The van der Waals surface area contributed by atoms with Crippen LogP contribution in [0.2, 0.25) is 0 Å². The lowest BCUT2D eigenvalue weighted by Gasteiger charge is -2.52. The fourth-order valence-electron chi connectivity index (χ4n) is 4.59. The highest BCUT2D eigenvalue weighted by atomic mass is 16.3. The van der Waals surface area contributed by atoms with Crippen molar-refractivity contribution >= 4 is 0 Å². The van der Waals surface area contributed by atoms with Gasteiger partial charge < -0.3 is 15.7 Å². The minimum atomic E-state index is -0.521. The van der Waals surface area contributed by atoms with Crippen molar-refractivity contribution in [3.8, 4) is 0 Å². The molecular formula is C18H36N2O. The summed E-state index contributed by atoms with van der Waals surface area (Å²) in [7, 11) is 0. The molecule has 1 aliphatic carbocycles. The molecule has 1 saturated carbocycles. The number of hydrogen-bond donors (Lipinski definition) is 2. The second kappa shape index (κ2) is 7.43. The molecule has 0 radical (unpaired) electrons.